The molecule has 0 bridgehead atoms. The first-order valence-electron chi connectivity index (χ1n) is 30.1. The number of ether oxygens (including phenoxy) is 1. The molecule has 9 aromatic rings. The number of aromatic nitrogens is 3. The SMILES string of the molecule is [2H]c1nc(-c2[c-]c(-c3cccc4c3nc(-c3cc(C)cc(C)c3O[CH2-])n4-c3cc(C(C)(C)C)ccc3-c3ccc(C(C)(C)C)cc3)cc(-c3ccccc3)c2)c([2H])c(-c2c([2H])c([2H])c(C(C([2H])([2H])[2H])(C([2H])([2H])[2H])C([2H])([2H])[2H])c([2H])c2[2H])c1[2H].[Pt+2]. The Labute approximate surface area is 441 Å². The van der Waals surface area contributed by atoms with Crippen LogP contribution in [-0.4, -0.2) is 14.5 Å². The van der Waals surface area contributed by atoms with E-state index in [0.717, 1.165) is 39.1 Å². The van der Waals surface area contributed by atoms with Crippen molar-refractivity contribution in [3.63, 3.8) is 0 Å². The number of hydrogen-bond donors (Lipinski definition) is 0. The molecule has 0 aliphatic rings. The third-order valence-corrected chi connectivity index (χ3v) is 12.0. The Morgan fingerprint density at radius 1 is 0.603 bits per heavy atom. The summed E-state index contributed by atoms with van der Waals surface area (Å²) in [4.78, 5) is 9.97. The fourth-order valence-electron chi connectivity index (χ4n) is 8.46. The summed E-state index contributed by atoms with van der Waals surface area (Å²) in [7, 11) is 3.88. The molecule has 0 unspecified atom stereocenters. The van der Waals surface area contributed by atoms with E-state index in [-0.39, 0.29) is 43.2 Å². The third-order valence-electron chi connectivity index (χ3n) is 12.0. The largest absolute Gasteiger partial charge is 2.00 e. The van der Waals surface area contributed by atoms with Crippen molar-refractivity contribution in [3.8, 4) is 78.6 Å². The van der Waals surface area contributed by atoms with Crippen LogP contribution in [0.25, 0.3) is 83.9 Å². The van der Waals surface area contributed by atoms with Gasteiger partial charge in [-0.05, 0) is 104 Å². The van der Waals surface area contributed by atoms with Crippen molar-refractivity contribution in [1.82, 2.24) is 14.5 Å². The maximum Gasteiger partial charge on any atom is 2.00 e. The molecule has 0 radical (unpaired) electrons. The minimum atomic E-state index is -3.93. The standard InChI is InChI=1S/C63H61N3O.Pt/c1-40-33-41(2)59(67-12)54(34-40)60-65-58-53(19-16-20-56(58)66(60)57-39-51(63(9,10)11)29-30-52(57)44-23-27-50(28-24-44)62(6,7)8)47-35-46(42-17-14-13-15-18-42)36-48(37-47)55-38-45(31-32-64-55)43-21-25-49(26-22-43)61(3,4)5;/h13-36,38-39H,12H2,1-11H3;/q-2;+2/i3D3,4D3,5D3,21D,22D,25D,26D,31D,32D,38D;. The Morgan fingerprint density at radius 2 is 1.29 bits per heavy atom. The van der Waals surface area contributed by atoms with Gasteiger partial charge in [-0.25, -0.2) is 4.98 Å². The molecule has 0 spiro atoms. The molecule has 2 heterocycles. The Hall–Kier alpha value is -6.35. The average Bonchev–Trinajstić information content (AvgIpc) is 0.928. The quantitative estimate of drug-likeness (QED) is 0.142. The number of pyridine rings is 1. The summed E-state index contributed by atoms with van der Waals surface area (Å²) >= 11 is 0. The molecule has 0 amide bonds. The fraction of sp³-hybridized carbons (Fsp3) is 0.222. The van der Waals surface area contributed by atoms with Crippen LogP contribution < -0.4 is 4.74 Å². The molecule has 0 N–H and O–H groups in total. The summed E-state index contributed by atoms with van der Waals surface area (Å²) < 4.78 is 147. The first-order valence-corrected chi connectivity index (χ1v) is 22.1. The van der Waals surface area contributed by atoms with Crippen molar-refractivity contribution in [2.75, 3.05) is 0 Å². The van der Waals surface area contributed by atoms with Crippen molar-refractivity contribution in [2.45, 2.75) is 92.2 Å². The number of imidazole rings is 1. The number of rotatable bonds is 8. The molecule has 0 saturated heterocycles. The summed E-state index contributed by atoms with van der Waals surface area (Å²) in [6.07, 6.45) is -0.752. The van der Waals surface area contributed by atoms with Gasteiger partial charge >= 0.3 is 21.1 Å². The maximum absolute atomic E-state index is 9.76. The summed E-state index contributed by atoms with van der Waals surface area (Å²) in [6.45, 7) is 5.16. The van der Waals surface area contributed by atoms with E-state index in [1.165, 1.54) is 5.56 Å². The van der Waals surface area contributed by atoms with Gasteiger partial charge in [0.2, 0.25) is 0 Å². The predicted molar refractivity (Wildman–Crippen MR) is 282 cm³/mol. The molecule has 0 aliphatic heterocycles. The molecule has 4 nitrogen and oxygen atoms in total. The smallest absolute Gasteiger partial charge is 0.665 e. The normalized spacial score (nSPS) is 16.0. The van der Waals surface area contributed by atoms with Gasteiger partial charge in [-0.3, -0.25) is 9.55 Å². The van der Waals surface area contributed by atoms with Crippen molar-refractivity contribution in [2.24, 2.45) is 0 Å². The van der Waals surface area contributed by atoms with Crippen molar-refractivity contribution in [1.29, 1.82) is 0 Å². The fourth-order valence-corrected chi connectivity index (χ4v) is 8.46. The molecule has 9 rings (SSSR count). The zero-order valence-corrected chi connectivity index (χ0v) is 41.5. The van der Waals surface area contributed by atoms with Crippen LogP contribution in [0, 0.1) is 27.0 Å². The predicted octanol–water partition coefficient (Wildman–Crippen LogP) is 16.9. The van der Waals surface area contributed by atoms with E-state index in [1.54, 1.807) is 6.07 Å². The zero-order chi connectivity index (χ0) is 61.0. The molecular formula is C63H61N3OPt. The second-order valence-electron chi connectivity index (χ2n) is 19.1. The van der Waals surface area contributed by atoms with E-state index in [4.69, 9.17) is 27.5 Å². The van der Waals surface area contributed by atoms with Crippen LogP contribution in [0.4, 0.5) is 0 Å². The van der Waals surface area contributed by atoms with E-state index in [2.05, 4.69) is 107 Å². The summed E-state index contributed by atoms with van der Waals surface area (Å²) in [5.74, 6) is 1.06. The average molecular weight is 1090 g/mol. The number of para-hydroxylation sites is 1. The maximum atomic E-state index is 9.76. The molecule has 0 aliphatic carbocycles. The van der Waals surface area contributed by atoms with Gasteiger partial charge in [-0.15, -0.1) is 23.8 Å². The summed E-state index contributed by atoms with van der Waals surface area (Å²) in [5, 5.41) is 0. The topological polar surface area (TPSA) is 39.9 Å². The van der Waals surface area contributed by atoms with Gasteiger partial charge < -0.3 is 4.74 Å². The van der Waals surface area contributed by atoms with Crippen LogP contribution in [0.1, 0.15) is 112 Å². The molecule has 0 fully saturated rings. The van der Waals surface area contributed by atoms with Crippen LogP contribution in [0.5, 0.6) is 5.75 Å². The monoisotopic (exact) mass is 1090 g/mol. The molecular weight excluding hydrogens is 1010 g/mol. The Morgan fingerprint density at radius 3 is 1.97 bits per heavy atom. The van der Waals surface area contributed by atoms with Crippen molar-refractivity contribution >= 4 is 11.0 Å². The molecule has 5 heteroatoms. The Kier molecular flexibility index (Phi) is 8.67. The van der Waals surface area contributed by atoms with E-state index in [1.807, 2.05) is 80.6 Å². The van der Waals surface area contributed by atoms with Crippen LogP contribution >= 0.6 is 0 Å². The second-order valence-corrected chi connectivity index (χ2v) is 19.1. The van der Waals surface area contributed by atoms with Gasteiger partial charge in [0.25, 0.3) is 0 Å². The van der Waals surface area contributed by atoms with Gasteiger partial charge in [0, 0.05) is 29.8 Å². The van der Waals surface area contributed by atoms with Crippen LogP contribution in [-0.2, 0) is 37.3 Å². The second kappa shape index (κ2) is 18.6. The van der Waals surface area contributed by atoms with Crippen LogP contribution in [0.2, 0.25) is 0 Å². The molecule has 68 heavy (non-hydrogen) atoms. The first-order chi connectivity index (χ1) is 38.5. The minimum absolute atomic E-state index is 0. The van der Waals surface area contributed by atoms with E-state index >= 15 is 0 Å². The number of hydrogen-bond acceptors (Lipinski definition) is 3. The van der Waals surface area contributed by atoms with Gasteiger partial charge in [-0.2, -0.15) is 7.11 Å². The van der Waals surface area contributed by atoms with Crippen LogP contribution in [0.15, 0.2) is 158 Å². The van der Waals surface area contributed by atoms with Gasteiger partial charge in [0.15, 0.2) is 0 Å². The Balaban J connectivity index is 0.00000920. The van der Waals surface area contributed by atoms with E-state index in [0.29, 0.717) is 44.9 Å². The number of aryl methyl sites for hydroxylation is 2. The van der Waals surface area contributed by atoms with Crippen molar-refractivity contribution in [3.05, 3.63) is 199 Å². The molecule has 2 aromatic heterocycles. The molecule has 344 valence electrons. The van der Waals surface area contributed by atoms with Gasteiger partial charge in [0.05, 0.1) is 37.6 Å². The number of fused-ring (bicyclic) bond motifs is 1. The van der Waals surface area contributed by atoms with Crippen LogP contribution in [0.3, 0.4) is 0 Å². The van der Waals surface area contributed by atoms with Gasteiger partial charge in [0.1, 0.15) is 5.82 Å². The van der Waals surface area contributed by atoms with E-state index in [9.17, 15) is 4.11 Å². The number of nitrogens with zero attached hydrogens (tertiary/aromatic N) is 3. The summed E-state index contributed by atoms with van der Waals surface area (Å²) in [6, 6.07) is 34.8. The van der Waals surface area contributed by atoms with Gasteiger partial charge in [-0.1, -0.05) is 194 Å². The van der Waals surface area contributed by atoms with E-state index < -0.39 is 85.1 Å². The Bertz CT molecular complexity index is 3980. The third kappa shape index (κ3) is 9.54. The molecule has 0 atom stereocenters. The van der Waals surface area contributed by atoms with Crippen molar-refractivity contribution < 1.29 is 47.7 Å². The number of benzene rings is 7. The molecule has 0 saturated carbocycles. The minimum Gasteiger partial charge on any atom is -0.665 e. The molecule has 7 aromatic carbocycles. The summed E-state index contributed by atoms with van der Waals surface area (Å²) in [5.41, 5.74) is 3.81. The first kappa shape index (κ1) is 31.6. The zero-order valence-electron chi connectivity index (χ0n) is 55.2.